The van der Waals surface area contributed by atoms with Crippen LogP contribution in [0, 0.1) is 6.92 Å². The molecule has 0 saturated heterocycles. The Morgan fingerprint density at radius 3 is 2.50 bits per heavy atom. The van der Waals surface area contributed by atoms with E-state index < -0.39 is 0 Å². The van der Waals surface area contributed by atoms with Crippen LogP contribution in [0.3, 0.4) is 0 Å². The van der Waals surface area contributed by atoms with Gasteiger partial charge < -0.3 is 11.1 Å². The van der Waals surface area contributed by atoms with E-state index in [1.807, 2.05) is 44.2 Å². The third-order valence-electron chi connectivity index (χ3n) is 3.17. The molecule has 0 bridgehead atoms. The van der Waals surface area contributed by atoms with Crippen LogP contribution < -0.4 is 11.1 Å². The van der Waals surface area contributed by atoms with E-state index in [0.717, 1.165) is 15.6 Å². The van der Waals surface area contributed by atoms with Gasteiger partial charge in [-0.1, -0.05) is 39.7 Å². The average molecular weight is 333 g/mol. The molecule has 0 saturated carbocycles. The molecule has 4 heteroatoms. The van der Waals surface area contributed by atoms with Crippen LogP contribution in [0.2, 0.25) is 0 Å². The summed E-state index contributed by atoms with van der Waals surface area (Å²) in [6, 6.07) is 13.3. The largest absolute Gasteiger partial charge is 0.398 e. The summed E-state index contributed by atoms with van der Waals surface area (Å²) in [5.74, 6) is -0.151. The van der Waals surface area contributed by atoms with Gasteiger partial charge in [0.2, 0.25) is 0 Å². The van der Waals surface area contributed by atoms with Crippen molar-refractivity contribution in [3.05, 3.63) is 63.6 Å². The fraction of sp³-hybridized carbons (Fsp3) is 0.188. The molecule has 104 valence electrons. The Morgan fingerprint density at radius 1 is 1.20 bits per heavy atom. The average Bonchev–Trinajstić information content (AvgIpc) is 2.42. The van der Waals surface area contributed by atoms with Crippen LogP contribution in [-0.4, -0.2) is 5.91 Å². The van der Waals surface area contributed by atoms with E-state index in [4.69, 9.17) is 5.73 Å². The van der Waals surface area contributed by atoms with Crippen molar-refractivity contribution in [1.29, 1.82) is 0 Å². The highest BCUT2D eigenvalue weighted by atomic mass is 79.9. The Hall–Kier alpha value is -1.81. The van der Waals surface area contributed by atoms with E-state index in [0.29, 0.717) is 11.3 Å². The topological polar surface area (TPSA) is 55.1 Å². The minimum atomic E-state index is -0.151. The van der Waals surface area contributed by atoms with E-state index in [1.165, 1.54) is 0 Å². The molecule has 0 aliphatic rings. The zero-order chi connectivity index (χ0) is 14.7. The van der Waals surface area contributed by atoms with Crippen LogP contribution in [0.5, 0.6) is 0 Å². The number of nitrogens with two attached hydrogens (primary N) is 1. The van der Waals surface area contributed by atoms with Crippen molar-refractivity contribution >= 4 is 27.5 Å². The Balaban J connectivity index is 2.15. The lowest BCUT2D eigenvalue weighted by Crippen LogP contribution is -2.27. The number of aryl methyl sites for hydroxylation is 1. The van der Waals surface area contributed by atoms with Crippen molar-refractivity contribution in [3.63, 3.8) is 0 Å². The molecule has 3 nitrogen and oxygen atoms in total. The van der Waals surface area contributed by atoms with Crippen LogP contribution in [-0.2, 0) is 0 Å². The van der Waals surface area contributed by atoms with Crippen LogP contribution in [0.25, 0.3) is 0 Å². The lowest BCUT2D eigenvalue weighted by Gasteiger charge is -2.15. The van der Waals surface area contributed by atoms with E-state index in [-0.39, 0.29) is 11.9 Å². The van der Waals surface area contributed by atoms with Crippen molar-refractivity contribution in [1.82, 2.24) is 5.32 Å². The first-order chi connectivity index (χ1) is 9.47. The number of nitrogens with one attached hydrogen (secondary N) is 1. The normalized spacial score (nSPS) is 11.9. The second-order valence-electron chi connectivity index (χ2n) is 4.84. The summed E-state index contributed by atoms with van der Waals surface area (Å²) in [6.07, 6.45) is 0. The molecule has 0 aliphatic carbocycles. The molecule has 0 spiro atoms. The Bertz CT molecular complexity index is 623. The highest BCUT2D eigenvalue weighted by Gasteiger charge is 2.13. The maximum atomic E-state index is 12.3. The van der Waals surface area contributed by atoms with Gasteiger partial charge in [0, 0.05) is 10.2 Å². The fourth-order valence-corrected chi connectivity index (χ4v) is 2.24. The lowest BCUT2D eigenvalue weighted by molar-refractivity contribution is 0.0940. The third-order valence-corrected chi connectivity index (χ3v) is 3.70. The quantitative estimate of drug-likeness (QED) is 0.839. The number of amides is 1. The summed E-state index contributed by atoms with van der Waals surface area (Å²) < 4.78 is 1.02. The lowest BCUT2D eigenvalue weighted by atomic mass is 10.1. The number of benzene rings is 2. The van der Waals surface area contributed by atoms with E-state index in [1.54, 1.807) is 12.1 Å². The molecule has 2 aromatic rings. The van der Waals surface area contributed by atoms with Gasteiger partial charge >= 0.3 is 0 Å². The summed E-state index contributed by atoms with van der Waals surface area (Å²) in [6.45, 7) is 3.89. The molecule has 20 heavy (non-hydrogen) atoms. The first-order valence-electron chi connectivity index (χ1n) is 6.40. The molecule has 2 rings (SSSR count). The number of halogens is 1. The summed E-state index contributed by atoms with van der Waals surface area (Å²) in [4.78, 5) is 12.3. The molecule has 0 unspecified atom stereocenters. The van der Waals surface area contributed by atoms with Gasteiger partial charge in [0.05, 0.1) is 11.6 Å². The molecule has 2 aromatic carbocycles. The predicted molar refractivity (Wildman–Crippen MR) is 85.6 cm³/mol. The van der Waals surface area contributed by atoms with Crippen molar-refractivity contribution in [2.75, 3.05) is 5.73 Å². The van der Waals surface area contributed by atoms with Crippen LogP contribution in [0.1, 0.15) is 34.5 Å². The van der Waals surface area contributed by atoms with Crippen molar-refractivity contribution in [2.24, 2.45) is 0 Å². The highest BCUT2D eigenvalue weighted by Crippen LogP contribution is 2.19. The van der Waals surface area contributed by atoms with Gasteiger partial charge in [0.25, 0.3) is 5.91 Å². The molecular formula is C16H17BrN2O. The zero-order valence-electron chi connectivity index (χ0n) is 11.5. The summed E-state index contributed by atoms with van der Waals surface area (Å²) >= 11 is 3.40. The van der Waals surface area contributed by atoms with Gasteiger partial charge in [-0.15, -0.1) is 0 Å². The molecule has 0 aliphatic heterocycles. The van der Waals surface area contributed by atoms with Crippen LogP contribution >= 0.6 is 15.9 Å². The monoisotopic (exact) mass is 332 g/mol. The van der Waals surface area contributed by atoms with Gasteiger partial charge in [-0.2, -0.15) is 0 Å². The van der Waals surface area contributed by atoms with Gasteiger partial charge in [0.15, 0.2) is 0 Å². The van der Waals surface area contributed by atoms with Crippen molar-refractivity contribution in [2.45, 2.75) is 19.9 Å². The highest BCUT2D eigenvalue weighted by molar-refractivity contribution is 9.10. The molecule has 1 amide bonds. The van der Waals surface area contributed by atoms with Crippen LogP contribution in [0.15, 0.2) is 46.9 Å². The number of anilines is 1. The maximum absolute atomic E-state index is 12.3. The minimum Gasteiger partial charge on any atom is -0.398 e. The first kappa shape index (κ1) is 14.6. The summed E-state index contributed by atoms with van der Waals surface area (Å²) in [5.41, 5.74) is 8.94. The SMILES string of the molecule is Cc1ccc(N)c(C(=O)N[C@H](C)c2ccc(Br)cc2)c1. The number of carbonyl (C=O) groups excluding carboxylic acids is 1. The maximum Gasteiger partial charge on any atom is 0.253 e. The van der Waals surface area contributed by atoms with Gasteiger partial charge in [-0.25, -0.2) is 0 Å². The zero-order valence-corrected chi connectivity index (χ0v) is 13.1. The second-order valence-corrected chi connectivity index (χ2v) is 5.75. The second kappa shape index (κ2) is 6.09. The number of rotatable bonds is 3. The third kappa shape index (κ3) is 3.39. The smallest absolute Gasteiger partial charge is 0.253 e. The Labute approximate surface area is 127 Å². The van der Waals surface area contributed by atoms with Crippen molar-refractivity contribution < 1.29 is 4.79 Å². The van der Waals surface area contributed by atoms with Gasteiger partial charge in [0.1, 0.15) is 0 Å². The number of hydrogen-bond acceptors (Lipinski definition) is 2. The molecule has 3 N–H and O–H groups in total. The molecule has 0 radical (unpaired) electrons. The first-order valence-corrected chi connectivity index (χ1v) is 7.19. The van der Waals surface area contributed by atoms with Crippen molar-refractivity contribution in [3.8, 4) is 0 Å². The minimum absolute atomic E-state index is 0.0736. The number of carbonyl (C=O) groups is 1. The molecular weight excluding hydrogens is 316 g/mol. The fourth-order valence-electron chi connectivity index (χ4n) is 1.98. The summed E-state index contributed by atoms with van der Waals surface area (Å²) in [7, 11) is 0. The van der Waals surface area contributed by atoms with E-state index in [9.17, 15) is 4.79 Å². The van der Waals surface area contributed by atoms with E-state index >= 15 is 0 Å². The molecule has 0 fully saturated rings. The van der Waals surface area contributed by atoms with Gasteiger partial charge in [-0.05, 0) is 43.7 Å². The van der Waals surface area contributed by atoms with E-state index in [2.05, 4.69) is 21.2 Å². The molecule has 1 atom stereocenters. The molecule has 0 aromatic heterocycles. The Morgan fingerprint density at radius 2 is 1.85 bits per heavy atom. The molecule has 0 heterocycles. The standard InChI is InChI=1S/C16H17BrN2O/c1-10-3-8-15(18)14(9-10)16(20)19-11(2)12-4-6-13(17)7-5-12/h3-9,11H,18H2,1-2H3,(H,19,20)/t11-/m1/s1. The summed E-state index contributed by atoms with van der Waals surface area (Å²) in [5, 5.41) is 2.97. The number of nitrogen functional groups attached to an aromatic ring is 1. The predicted octanol–water partition coefficient (Wildman–Crippen LogP) is 3.83. The van der Waals surface area contributed by atoms with Gasteiger partial charge in [-0.3, -0.25) is 4.79 Å². The number of hydrogen-bond donors (Lipinski definition) is 2. The van der Waals surface area contributed by atoms with Crippen LogP contribution in [0.4, 0.5) is 5.69 Å². The Kier molecular flexibility index (Phi) is 4.45.